The highest BCUT2D eigenvalue weighted by atomic mass is 32.1. The van der Waals surface area contributed by atoms with Gasteiger partial charge in [-0.1, -0.05) is 12.1 Å². The number of hydrogen-bond acceptors (Lipinski definition) is 3. The second-order valence-corrected chi connectivity index (χ2v) is 3.67. The number of aliphatic hydroxyl groups excluding tert-OH is 1. The van der Waals surface area contributed by atoms with Crippen molar-refractivity contribution in [3.8, 4) is 5.75 Å². The summed E-state index contributed by atoms with van der Waals surface area (Å²) in [5.74, 6) is -0.189. The quantitative estimate of drug-likeness (QED) is 0.682. The Morgan fingerprint density at radius 2 is 2.24 bits per heavy atom. The molecule has 4 nitrogen and oxygen atoms in total. The average molecular weight is 258 g/mol. The molecule has 0 aromatic heterocycles. The lowest BCUT2D eigenvalue weighted by atomic mass is 10.2. The topological polar surface area (TPSA) is 53.5 Å². The highest BCUT2D eigenvalue weighted by molar-refractivity contribution is 7.80. The lowest BCUT2D eigenvalue weighted by molar-refractivity contribution is 0.300. The van der Waals surface area contributed by atoms with Gasteiger partial charge in [-0.05, 0) is 18.3 Å². The molecule has 0 unspecified atom stereocenters. The number of nitrogens with one attached hydrogen (secondary N) is 2. The highest BCUT2D eigenvalue weighted by Crippen LogP contribution is 2.19. The molecule has 0 fully saturated rings. The number of thiocarbonyl (C=S) groups is 1. The van der Waals surface area contributed by atoms with Crippen LogP contribution >= 0.6 is 12.2 Å². The molecule has 0 heterocycles. The van der Waals surface area contributed by atoms with Crippen molar-refractivity contribution in [1.82, 2.24) is 10.6 Å². The van der Waals surface area contributed by atoms with Crippen molar-refractivity contribution < 1.29 is 14.2 Å². The molecule has 1 aromatic rings. The van der Waals surface area contributed by atoms with Crippen LogP contribution in [0.25, 0.3) is 0 Å². The molecule has 1 aromatic carbocycles. The first-order valence-electron chi connectivity index (χ1n) is 5.13. The standard InChI is InChI=1S/C11H15FN2O2S/c1-16-9-4-2-3-8(10(9)12)7-14-11(17)13-5-6-15/h2-4,15H,5-7H2,1H3,(H2,13,14,17). The Balaban J connectivity index is 2.54. The van der Waals surface area contributed by atoms with E-state index in [0.717, 1.165) is 0 Å². The Bertz CT molecular complexity index is 388. The minimum absolute atomic E-state index is 0.00462. The molecule has 0 aliphatic carbocycles. The van der Waals surface area contributed by atoms with Crippen molar-refractivity contribution in [2.24, 2.45) is 0 Å². The second-order valence-electron chi connectivity index (χ2n) is 3.27. The van der Waals surface area contributed by atoms with Gasteiger partial charge in [0.15, 0.2) is 16.7 Å². The summed E-state index contributed by atoms with van der Waals surface area (Å²) in [6, 6.07) is 4.92. The Kier molecular flexibility index (Phi) is 5.65. The van der Waals surface area contributed by atoms with E-state index in [1.165, 1.54) is 7.11 Å². The van der Waals surface area contributed by atoms with Gasteiger partial charge in [-0.15, -0.1) is 0 Å². The fourth-order valence-corrected chi connectivity index (χ4v) is 1.43. The molecule has 1 rings (SSSR count). The van der Waals surface area contributed by atoms with Crippen molar-refractivity contribution in [1.29, 1.82) is 0 Å². The number of rotatable bonds is 5. The van der Waals surface area contributed by atoms with E-state index in [9.17, 15) is 4.39 Å². The second kappa shape index (κ2) is 7.03. The number of aliphatic hydroxyl groups is 1. The fourth-order valence-electron chi connectivity index (χ4n) is 1.26. The monoisotopic (exact) mass is 258 g/mol. The molecule has 94 valence electrons. The summed E-state index contributed by atoms with van der Waals surface area (Å²) in [6.45, 7) is 0.627. The van der Waals surface area contributed by atoms with Gasteiger partial charge in [-0.3, -0.25) is 0 Å². The Morgan fingerprint density at radius 1 is 1.47 bits per heavy atom. The lowest BCUT2D eigenvalue weighted by Gasteiger charge is -2.11. The predicted octanol–water partition coefficient (Wildman–Crippen LogP) is 0.791. The van der Waals surface area contributed by atoms with E-state index in [1.807, 2.05) is 0 Å². The van der Waals surface area contributed by atoms with E-state index in [2.05, 4.69) is 10.6 Å². The van der Waals surface area contributed by atoms with Crippen molar-refractivity contribution in [3.05, 3.63) is 29.6 Å². The van der Waals surface area contributed by atoms with E-state index in [4.69, 9.17) is 22.1 Å². The van der Waals surface area contributed by atoms with Crippen molar-refractivity contribution in [3.63, 3.8) is 0 Å². The van der Waals surface area contributed by atoms with Gasteiger partial charge in [-0.25, -0.2) is 4.39 Å². The molecule has 0 saturated heterocycles. The molecule has 0 saturated carbocycles. The molecular formula is C11H15FN2O2S. The van der Waals surface area contributed by atoms with Crippen LogP contribution in [0, 0.1) is 5.82 Å². The van der Waals surface area contributed by atoms with E-state index >= 15 is 0 Å². The SMILES string of the molecule is COc1cccc(CNC(=S)NCCO)c1F. The average Bonchev–Trinajstić information content (AvgIpc) is 2.35. The van der Waals surface area contributed by atoms with E-state index in [1.54, 1.807) is 18.2 Å². The van der Waals surface area contributed by atoms with Gasteiger partial charge in [0.05, 0.1) is 13.7 Å². The largest absolute Gasteiger partial charge is 0.494 e. The van der Waals surface area contributed by atoms with Crippen LogP contribution in [0.4, 0.5) is 4.39 Å². The summed E-state index contributed by atoms with van der Waals surface area (Å²) >= 11 is 4.94. The smallest absolute Gasteiger partial charge is 0.170 e. The van der Waals surface area contributed by atoms with Crippen LogP contribution in [0.15, 0.2) is 18.2 Å². The predicted molar refractivity (Wildman–Crippen MR) is 67.5 cm³/mol. The minimum Gasteiger partial charge on any atom is -0.494 e. The molecule has 0 radical (unpaired) electrons. The maximum atomic E-state index is 13.7. The van der Waals surface area contributed by atoms with Crippen LogP contribution in [0.3, 0.4) is 0 Å². The first-order valence-corrected chi connectivity index (χ1v) is 5.53. The fraction of sp³-hybridized carbons (Fsp3) is 0.364. The molecule has 0 bridgehead atoms. The van der Waals surface area contributed by atoms with Gasteiger partial charge in [-0.2, -0.15) is 0 Å². The number of methoxy groups -OCH3 is 1. The molecule has 3 N–H and O–H groups in total. The third kappa shape index (κ3) is 4.16. The van der Waals surface area contributed by atoms with Crippen molar-refractivity contribution in [2.75, 3.05) is 20.3 Å². The zero-order valence-corrected chi connectivity index (χ0v) is 10.3. The number of hydrogen-bond donors (Lipinski definition) is 3. The number of benzene rings is 1. The number of halogens is 1. The maximum absolute atomic E-state index is 13.7. The summed E-state index contributed by atoms with van der Waals surface area (Å²) in [7, 11) is 1.42. The van der Waals surface area contributed by atoms with Gasteiger partial charge < -0.3 is 20.5 Å². The van der Waals surface area contributed by atoms with E-state index in [0.29, 0.717) is 17.2 Å². The third-order valence-electron chi connectivity index (χ3n) is 2.10. The van der Waals surface area contributed by atoms with Gasteiger partial charge in [0.2, 0.25) is 0 Å². The minimum atomic E-state index is -0.396. The first-order chi connectivity index (χ1) is 8.19. The van der Waals surface area contributed by atoms with Gasteiger partial charge in [0.25, 0.3) is 0 Å². The van der Waals surface area contributed by atoms with Gasteiger partial charge in [0.1, 0.15) is 0 Å². The molecule has 0 amide bonds. The van der Waals surface area contributed by atoms with Crippen LogP contribution in [-0.4, -0.2) is 30.5 Å². The summed E-state index contributed by atoms with van der Waals surface area (Å²) in [5.41, 5.74) is 0.470. The molecule has 17 heavy (non-hydrogen) atoms. The molecule has 0 atom stereocenters. The van der Waals surface area contributed by atoms with Crippen LogP contribution in [0.5, 0.6) is 5.75 Å². The molecule has 0 aliphatic heterocycles. The van der Waals surface area contributed by atoms with Crippen molar-refractivity contribution in [2.45, 2.75) is 6.54 Å². The van der Waals surface area contributed by atoms with Crippen LogP contribution < -0.4 is 15.4 Å². The molecule has 6 heteroatoms. The Morgan fingerprint density at radius 3 is 2.88 bits per heavy atom. The Hall–Kier alpha value is -1.40. The summed E-state index contributed by atoms with van der Waals surface area (Å²) in [6.07, 6.45) is 0. The van der Waals surface area contributed by atoms with Crippen LogP contribution in [0.1, 0.15) is 5.56 Å². The van der Waals surface area contributed by atoms with Crippen LogP contribution in [-0.2, 0) is 6.54 Å². The molecular weight excluding hydrogens is 243 g/mol. The zero-order valence-electron chi connectivity index (χ0n) is 9.50. The summed E-state index contributed by atoms with van der Waals surface area (Å²) in [5, 5.41) is 14.6. The summed E-state index contributed by atoms with van der Waals surface area (Å²) < 4.78 is 18.6. The Labute approximate surface area is 105 Å². The van der Waals surface area contributed by atoms with E-state index in [-0.39, 0.29) is 18.9 Å². The highest BCUT2D eigenvalue weighted by Gasteiger charge is 2.08. The lowest BCUT2D eigenvalue weighted by Crippen LogP contribution is -2.36. The molecule has 0 spiro atoms. The normalized spacial score (nSPS) is 9.82. The van der Waals surface area contributed by atoms with Gasteiger partial charge in [0, 0.05) is 18.7 Å². The number of ether oxygens (including phenoxy) is 1. The molecule has 0 aliphatic rings. The van der Waals surface area contributed by atoms with Crippen molar-refractivity contribution >= 4 is 17.3 Å². The summed E-state index contributed by atoms with van der Waals surface area (Å²) in [4.78, 5) is 0. The first kappa shape index (κ1) is 13.7. The third-order valence-corrected chi connectivity index (χ3v) is 2.39. The zero-order chi connectivity index (χ0) is 12.7. The van der Waals surface area contributed by atoms with Gasteiger partial charge >= 0.3 is 0 Å². The van der Waals surface area contributed by atoms with Crippen LogP contribution in [0.2, 0.25) is 0 Å². The maximum Gasteiger partial charge on any atom is 0.170 e. The van der Waals surface area contributed by atoms with E-state index < -0.39 is 5.82 Å².